The zero-order valence-electron chi connectivity index (χ0n) is 19.3. The van der Waals surface area contributed by atoms with Crippen molar-refractivity contribution in [1.82, 2.24) is 9.80 Å². The number of rotatable bonds is 6. The SMILES string of the molecule is CC1CCCN(C(=O)C2CCN(CC(=O)Nc3ccccc3C(=O)c3ccccc3)CC2)C1. The molecule has 1 unspecified atom stereocenters. The Morgan fingerprint density at radius 3 is 2.33 bits per heavy atom. The van der Waals surface area contributed by atoms with Crippen molar-refractivity contribution in [2.24, 2.45) is 11.8 Å². The first kappa shape index (κ1) is 23.2. The van der Waals surface area contributed by atoms with Gasteiger partial charge in [0.05, 0.1) is 12.2 Å². The molecule has 6 heteroatoms. The zero-order valence-corrected chi connectivity index (χ0v) is 19.3. The number of amides is 2. The number of nitrogens with zero attached hydrogens (tertiary/aromatic N) is 2. The molecule has 0 bridgehead atoms. The lowest BCUT2D eigenvalue weighted by atomic mass is 9.93. The maximum absolute atomic E-state index is 12.9. The van der Waals surface area contributed by atoms with Gasteiger partial charge in [0.2, 0.25) is 11.8 Å². The first-order valence-electron chi connectivity index (χ1n) is 12.0. The molecule has 2 aromatic rings. The Kier molecular flexibility index (Phi) is 7.55. The molecule has 4 rings (SSSR count). The fraction of sp³-hybridized carbons (Fsp3) is 0.444. The van der Waals surface area contributed by atoms with Crippen LogP contribution in [0.3, 0.4) is 0 Å². The van der Waals surface area contributed by atoms with E-state index in [1.807, 2.05) is 29.2 Å². The number of ketones is 1. The molecular formula is C27H33N3O3. The van der Waals surface area contributed by atoms with Gasteiger partial charge in [-0.1, -0.05) is 49.4 Å². The summed E-state index contributed by atoms with van der Waals surface area (Å²) in [7, 11) is 0. The third-order valence-electron chi connectivity index (χ3n) is 6.75. The van der Waals surface area contributed by atoms with Crippen LogP contribution in [0.4, 0.5) is 5.69 Å². The summed E-state index contributed by atoms with van der Waals surface area (Å²) in [5.41, 5.74) is 1.60. The number of hydrogen-bond acceptors (Lipinski definition) is 4. The van der Waals surface area contributed by atoms with E-state index < -0.39 is 0 Å². The molecule has 2 aliphatic rings. The highest BCUT2D eigenvalue weighted by atomic mass is 16.2. The van der Waals surface area contributed by atoms with Crippen LogP contribution >= 0.6 is 0 Å². The van der Waals surface area contributed by atoms with Gasteiger partial charge in [-0.3, -0.25) is 19.3 Å². The lowest BCUT2D eigenvalue weighted by Crippen LogP contribution is -2.47. The van der Waals surface area contributed by atoms with Crippen molar-refractivity contribution in [3.05, 3.63) is 65.7 Å². The predicted octanol–water partition coefficient (Wildman–Crippen LogP) is 3.83. The standard InChI is InChI=1S/C27H33N3O3/c1-20-8-7-15-30(18-20)27(33)22-13-16-29(17-14-22)19-25(31)28-24-12-6-5-11-23(24)26(32)21-9-3-2-4-10-21/h2-6,9-12,20,22H,7-8,13-19H2,1H3,(H,28,31). The van der Waals surface area contributed by atoms with Gasteiger partial charge in [0.1, 0.15) is 0 Å². The van der Waals surface area contributed by atoms with E-state index >= 15 is 0 Å². The third kappa shape index (κ3) is 5.88. The molecular weight excluding hydrogens is 414 g/mol. The van der Waals surface area contributed by atoms with Crippen molar-refractivity contribution in [2.45, 2.75) is 32.6 Å². The molecule has 0 aromatic heterocycles. The van der Waals surface area contributed by atoms with Crippen molar-refractivity contribution in [3.63, 3.8) is 0 Å². The van der Waals surface area contributed by atoms with E-state index in [2.05, 4.69) is 17.1 Å². The minimum Gasteiger partial charge on any atom is -0.342 e. The van der Waals surface area contributed by atoms with Crippen LogP contribution in [-0.4, -0.2) is 60.1 Å². The molecule has 0 spiro atoms. The number of hydrogen-bond donors (Lipinski definition) is 1. The molecule has 0 saturated carbocycles. The van der Waals surface area contributed by atoms with E-state index in [0.717, 1.165) is 45.4 Å². The van der Waals surface area contributed by atoms with E-state index in [-0.39, 0.29) is 24.2 Å². The van der Waals surface area contributed by atoms with Gasteiger partial charge < -0.3 is 10.2 Å². The number of carbonyl (C=O) groups excluding carboxylic acids is 3. The summed E-state index contributed by atoms with van der Waals surface area (Å²) in [4.78, 5) is 42.7. The Hall–Kier alpha value is -2.99. The second-order valence-electron chi connectivity index (χ2n) is 9.37. The summed E-state index contributed by atoms with van der Waals surface area (Å²) in [5, 5.41) is 2.92. The van der Waals surface area contributed by atoms with Crippen LogP contribution in [0.1, 0.15) is 48.5 Å². The van der Waals surface area contributed by atoms with Gasteiger partial charge in [0, 0.05) is 30.1 Å². The maximum Gasteiger partial charge on any atom is 0.238 e. The molecule has 2 aromatic carbocycles. The first-order chi connectivity index (χ1) is 16.0. The van der Waals surface area contributed by atoms with Crippen LogP contribution < -0.4 is 5.32 Å². The maximum atomic E-state index is 12.9. The number of carbonyl (C=O) groups is 3. The number of piperidine rings is 2. The minimum absolute atomic E-state index is 0.0684. The van der Waals surface area contributed by atoms with Gasteiger partial charge in [0.25, 0.3) is 0 Å². The lowest BCUT2D eigenvalue weighted by Gasteiger charge is -2.37. The van der Waals surface area contributed by atoms with Gasteiger partial charge >= 0.3 is 0 Å². The van der Waals surface area contributed by atoms with Crippen LogP contribution in [-0.2, 0) is 9.59 Å². The van der Waals surface area contributed by atoms with Crippen LogP contribution in [0, 0.1) is 11.8 Å². The number of nitrogens with one attached hydrogen (secondary N) is 1. The molecule has 2 fully saturated rings. The molecule has 1 atom stereocenters. The quantitative estimate of drug-likeness (QED) is 0.684. The van der Waals surface area contributed by atoms with Crippen molar-refractivity contribution < 1.29 is 14.4 Å². The van der Waals surface area contributed by atoms with Gasteiger partial charge in [-0.15, -0.1) is 0 Å². The smallest absolute Gasteiger partial charge is 0.238 e. The van der Waals surface area contributed by atoms with Crippen molar-refractivity contribution in [3.8, 4) is 0 Å². The number of benzene rings is 2. The van der Waals surface area contributed by atoms with Gasteiger partial charge in [-0.25, -0.2) is 0 Å². The molecule has 6 nitrogen and oxygen atoms in total. The molecule has 0 radical (unpaired) electrons. The Morgan fingerprint density at radius 2 is 1.61 bits per heavy atom. The molecule has 33 heavy (non-hydrogen) atoms. The number of para-hydroxylation sites is 1. The van der Waals surface area contributed by atoms with Crippen molar-refractivity contribution >= 4 is 23.3 Å². The highest BCUT2D eigenvalue weighted by Crippen LogP contribution is 2.24. The van der Waals surface area contributed by atoms with Crippen molar-refractivity contribution in [1.29, 1.82) is 0 Å². The average Bonchev–Trinajstić information content (AvgIpc) is 2.84. The Balaban J connectivity index is 1.30. The fourth-order valence-corrected chi connectivity index (χ4v) is 4.91. The summed E-state index contributed by atoms with van der Waals surface area (Å²) < 4.78 is 0. The summed E-state index contributed by atoms with van der Waals surface area (Å²) in [6.45, 7) is 5.70. The monoisotopic (exact) mass is 447 g/mol. The van der Waals surface area contributed by atoms with E-state index in [1.165, 1.54) is 6.42 Å². The largest absolute Gasteiger partial charge is 0.342 e. The van der Waals surface area contributed by atoms with E-state index in [1.54, 1.807) is 30.3 Å². The molecule has 2 aliphatic heterocycles. The van der Waals surface area contributed by atoms with Crippen molar-refractivity contribution in [2.75, 3.05) is 38.0 Å². The summed E-state index contributed by atoms with van der Waals surface area (Å²) in [6.07, 6.45) is 3.89. The Bertz CT molecular complexity index is 983. The fourth-order valence-electron chi connectivity index (χ4n) is 4.91. The predicted molar refractivity (Wildman–Crippen MR) is 129 cm³/mol. The minimum atomic E-state index is -0.141. The van der Waals surface area contributed by atoms with Gasteiger partial charge in [0.15, 0.2) is 5.78 Å². The van der Waals surface area contributed by atoms with Crippen LogP contribution in [0.15, 0.2) is 54.6 Å². The molecule has 2 amide bonds. The van der Waals surface area contributed by atoms with E-state index in [4.69, 9.17) is 0 Å². The topological polar surface area (TPSA) is 69.7 Å². The Labute approximate surface area is 196 Å². The second-order valence-corrected chi connectivity index (χ2v) is 9.37. The number of likely N-dealkylation sites (tertiary alicyclic amines) is 2. The molecule has 1 N–H and O–H groups in total. The van der Waals surface area contributed by atoms with Crippen LogP contribution in [0.2, 0.25) is 0 Å². The molecule has 2 heterocycles. The summed E-state index contributed by atoms with van der Waals surface area (Å²) >= 11 is 0. The highest BCUT2D eigenvalue weighted by molar-refractivity contribution is 6.13. The second kappa shape index (κ2) is 10.8. The molecule has 0 aliphatic carbocycles. The highest BCUT2D eigenvalue weighted by Gasteiger charge is 2.31. The Morgan fingerprint density at radius 1 is 0.909 bits per heavy atom. The van der Waals surface area contributed by atoms with Gasteiger partial charge in [-0.2, -0.15) is 0 Å². The van der Waals surface area contributed by atoms with Crippen LogP contribution in [0.25, 0.3) is 0 Å². The summed E-state index contributed by atoms with van der Waals surface area (Å²) in [6, 6.07) is 16.2. The molecule has 174 valence electrons. The lowest BCUT2D eigenvalue weighted by molar-refractivity contribution is -0.138. The average molecular weight is 448 g/mol. The van der Waals surface area contributed by atoms with E-state index in [0.29, 0.717) is 28.6 Å². The normalized spacial score (nSPS) is 19.8. The first-order valence-corrected chi connectivity index (χ1v) is 12.0. The molecule has 2 saturated heterocycles. The third-order valence-corrected chi connectivity index (χ3v) is 6.75. The summed E-state index contributed by atoms with van der Waals surface area (Å²) in [5.74, 6) is 0.691. The zero-order chi connectivity index (χ0) is 23.2. The van der Waals surface area contributed by atoms with Crippen LogP contribution in [0.5, 0.6) is 0 Å². The van der Waals surface area contributed by atoms with Gasteiger partial charge in [-0.05, 0) is 56.8 Å². The number of anilines is 1. The van der Waals surface area contributed by atoms with E-state index in [9.17, 15) is 14.4 Å².